The lowest BCUT2D eigenvalue weighted by molar-refractivity contribution is -0.110. The molecule has 0 atom stereocenters. The first-order valence-electron chi connectivity index (χ1n) is 7.88. The molecule has 1 aliphatic heterocycles. The van der Waals surface area contributed by atoms with E-state index in [9.17, 15) is 14.7 Å². The van der Waals surface area contributed by atoms with E-state index in [1.807, 2.05) is 0 Å². The van der Waals surface area contributed by atoms with E-state index in [0.717, 1.165) is 37.7 Å². The lowest BCUT2D eigenvalue weighted by Crippen LogP contribution is -2.38. The van der Waals surface area contributed by atoms with Gasteiger partial charge in [-0.25, -0.2) is 5.43 Å². The van der Waals surface area contributed by atoms with Gasteiger partial charge in [0.2, 0.25) is 0 Å². The summed E-state index contributed by atoms with van der Waals surface area (Å²) in [6.07, 6.45) is 3.71. The number of rotatable bonds is 5. The maximum absolute atomic E-state index is 11.9. The van der Waals surface area contributed by atoms with Crippen molar-refractivity contribution in [2.75, 3.05) is 19.6 Å². The van der Waals surface area contributed by atoms with Gasteiger partial charge in [-0.3, -0.25) is 15.0 Å². The first kappa shape index (κ1) is 18.7. The van der Waals surface area contributed by atoms with Crippen LogP contribution < -0.4 is 10.9 Å². The SMILES string of the molecule is O=C(CCNNC(=O)c1ccccc1O)SC(=S)N1CCCCC1. The first-order chi connectivity index (χ1) is 11.6. The van der Waals surface area contributed by atoms with Crippen molar-refractivity contribution in [3.05, 3.63) is 29.8 Å². The van der Waals surface area contributed by atoms with Crippen molar-refractivity contribution in [3.63, 3.8) is 0 Å². The number of thioether (sulfide) groups is 1. The van der Waals surface area contributed by atoms with Gasteiger partial charge < -0.3 is 10.0 Å². The minimum absolute atomic E-state index is 0.0325. The van der Waals surface area contributed by atoms with E-state index in [1.165, 1.54) is 18.6 Å². The molecule has 1 aromatic carbocycles. The number of hydrogen-bond donors (Lipinski definition) is 3. The quantitative estimate of drug-likeness (QED) is 0.417. The zero-order valence-corrected chi connectivity index (χ0v) is 14.9. The van der Waals surface area contributed by atoms with E-state index in [2.05, 4.69) is 15.8 Å². The number of nitrogens with one attached hydrogen (secondary N) is 2. The molecule has 3 N–H and O–H groups in total. The average Bonchev–Trinajstić information content (AvgIpc) is 2.59. The normalized spacial score (nSPS) is 14.2. The van der Waals surface area contributed by atoms with Gasteiger partial charge in [-0.1, -0.05) is 24.4 Å². The van der Waals surface area contributed by atoms with Gasteiger partial charge in [0.25, 0.3) is 5.91 Å². The molecule has 130 valence electrons. The highest BCUT2D eigenvalue weighted by Gasteiger charge is 2.17. The van der Waals surface area contributed by atoms with Crippen LogP contribution in [0.3, 0.4) is 0 Å². The molecule has 6 nitrogen and oxygen atoms in total. The number of benzene rings is 1. The van der Waals surface area contributed by atoms with Crippen LogP contribution in [0.15, 0.2) is 24.3 Å². The topological polar surface area (TPSA) is 81.7 Å². The van der Waals surface area contributed by atoms with Crippen LogP contribution in [0.5, 0.6) is 5.75 Å². The molecule has 0 spiro atoms. The number of carbonyl (C=O) groups excluding carboxylic acids is 2. The first-order valence-corrected chi connectivity index (χ1v) is 9.11. The minimum Gasteiger partial charge on any atom is -0.507 e. The molecule has 1 amide bonds. The number of likely N-dealkylation sites (tertiary alicyclic amines) is 1. The Labute approximate surface area is 151 Å². The van der Waals surface area contributed by atoms with Crippen LogP contribution in [-0.4, -0.2) is 45.0 Å². The lowest BCUT2D eigenvalue weighted by Gasteiger charge is -2.28. The number of phenolic OH excluding ortho intramolecular Hbond substituents is 1. The third kappa shape index (κ3) is 5.77. The monoisotopic (exact) mass is 367 g/mol. The minimum atomic E-state index is -0.447. The van der Waals surface area contributed by atoms with Gasteiger partial charge in [-0.05, 0) is 43.2 Å². The number of para-hydroxylation sites is 1. The molecule has 1 saturated heterocycles. The van der Waals surface area contributed by atoms with Crippen LogP contribution in [0.4, 0.5) is 0 Å². The van der Waals surface area contributed by atoms with Gasteiger partial charge in [0.1, 0.15) is 10.1 Å². The van der Waals surface area contributed by atoms with Gasteiger partial charge in [0, 0.05) is 26.1 Å². The van der Waals surface area contributed by atoms with Crippen molar-refractivity contribution in [2.45, 2.75) is 25.7 Å². The molecule has 1 heterocycles. The van der Waals surface area contributed by atoms with E-state index in [4.69, 9.17) is 12.2 Å². The highest BCUT2D eigenvalue weighted by atomic mass is 32.2. The van der Waals surface area contributed by atoms with E-state index < -0.39 is 5.91 Å². The summed E-state index contributed by atoms with van der Waals surface area (Å²) < 4.78 is 0.637. The molecule has 8 heteroatoms. The predicted molar refractivity (Wildman–Crippen MR) is 98.8 cm³/mol. The number of aromatic hydroxyl groups is 1. The van der Waals surface area contributed by atoms with Crippen molar-refractivity contribution in [3.8, 4) is 5.75 Å². The number of amides is 1. The molecule has 0 aromatic heterocycles. The van der Waals surface area contributed by atoms with Gasteiger partial charge in [-0.15, -0.1) is 0 Å². The van der Waals surface area contributed by atoms with E-state index in [-0.39, 0.29) is 22.8 Å². The number of carbonyl (C=O) groups is 2. The standard InChI is InChI=1S/C16H21N3O3S2/c20-13-7-3-2-6-12(13)15(22)18-17-9-8-14(21)24-16(23)19-10-4-1-5-11-19/h2-3,6-7,17,20H,1,4-5,8-11H2,(H,18,22). The summed E-state index contributed by atoms with van der Waals surface area (Å²) in [6, 6.07) is 6.26. The molecule has 1 aromatic rings. The van der Waals surface area contributed by atoms with Gasteiger partial charge in [-0.2, -0.15) is 0 Å². The number of nitrogens with zero attached hydrogens (tertiary/aromatic N) is 1. The van der Waals surface area contributed by atoms with Gasteiger partial charge in [0.15, 0.2) is 5.12 Å². The molecular weight excluding hydrogens is 346 g/mol. The molecule has 24 heavy (non-hydrogen) atoms. The number of phenols is 1. The summed E-state index contributed by atoms with van der Waals surface area (Å²) in [6.45, 7) is 2.15. The van der Waals surface area contributed by atoms with Crippen molar-refractivity contribution in [1.82, 2.24) is 15.8 Å². The molecule has 1 aliphatic rings. The summed E-state index contributed by atoms with van der Waals surface area (Å²) in [5.74, 6) is -0.535. The van der Waals surface area contributed by atoms with Crippen LogP contribution in [0.25, 0.3) is 0 Å². The molecule has 1 fully saturated rings. The van der Waals surface area contributed by atoms with Crippen LogP contribution in [0.1, 0.15) is 36.0 Å². The van der Waals surface area contributed by atoms with E-state index >= 15 is 0 Å². The molecule has 0 radical (unpaired) electrons. The Kier molecular flexibility index (Phi) is 7.48. The number of hydrazine groups is 1. The Morgan fingerprint density at radius 3 is 2.62 bits per heavy atom. The van der Waals surface area contributed by atoms with Crippen molar-refractivity contribution < 1.29 is 14.7 Å². The number of thiocarbonyl (C=S) groups is 1. The summed E-state index contributed by atoms with van der Waals surface area (Å²) in [4.78, 5) is 25.8. The molecule has 0 aliphatic carbocycles. The van der Waals surface area contributed by atoms with Gasteiger partial charge in [0.05, 0.1) is 5.56 Å². The molecule has 0 bridgehead atoms. The Balaban J connectivity index is 1.65. The van der Waals surface area contributed by atoms with Gasteiger partial charge >= 0.3 is 0 Å². The highest BCUT2D eigenvalue weighted by molar-refractivity contribution is 8.32. The van der Waals surface area contributed by atoms with E-state index in [0.29, 0.717) is 10.9 Å². The van der Waals surface area contributed by atoms with E-state index in [1.54, 1.807) is 12.1 Å². The number of hydrogen-bond acceptors (Lipinski definition) is 6. The average molecular weight is 367 g/mol. The molecule has 0 unspecified atom stereocenters. The third-order valence-corrected chi connectivity index (χ3v) is 4.99. The second kappa shape index (κ2) is 9.61. The Bertz CT molecular complexity index is 604. The molecular formula is C16H21N3O3S2. The Morgan fingerprint density at radius 2 is 1.92 bits per heavy atom. The second-order valence-corrected chi connectivity index (χ2v) is 7.13. The van der Waals surface area contributed by atoms with Crippen LogP contribution >= 0.6 is 24.0 Å². The lowest BCUT2D eigenvalue weighted by atomic mass is 10.1. The maximum atomic E-state index is 11.9. The number of piperidine rings is 1. The van der Waals surface area contributed by atoms with Crippen LogP contribution in [-0.2, 0) is 4.79 Å². The zero-order valence-electron chi connectivity index (χ0n) is 13.3. The fourth-order valence-corrected chi connectivity index (χ4v) is 3.50. The summed E-state index contributed by atoms with van der Waals surface area (Å²) in [5, 5.41) is 9.55. The zero-order chi connectivity index (χ0) is 17.4. The summed E-state index contributed by atoms with van der Waals surface area (Å²) in [7, 11) is 0. The molecule has 0 saturated carbocycles. The highest BCUT2D eigenvalue weighted by Crippen LogP contribution is 2.17. The fraction of sp³-hybridized carbons (Fsp3) is 0.438. The van der Waals surface area contributed by atoms with Crippen molar-refractivity contribution >= 4 is 39.3 Å². The van der Waals surface area contributed by atoms with Crippen molar-refractivity contribution in [2.24, 2.45) is 0 Å². The Hall–Kier alpha value is -1.64. The third-order valence-electron chi connectivity index (χ3n) is 3.62. The predicted octanol–water partition coefficient (Wildman–Crippen LogP) is 2.05. The largest absolute Gasteiger partial charge is 0.507 e. The summed E-state index contributed by atoms with van der Waals surface area (Å²) >= 11 is 6.39. The smallest absolute Gasteiger partial charge is 0.269 e. The second-order valence-electron chi connectivity index (χ2n) is 5.44. The van der Waals surface area contributed by atoms with Crippen LogP contribution in [0.2, 0.25) is 0 Å². The molecule has 2 rings (SSSR count). The maximum Gasteiger partial charge on any atom is 0.269 e. The fourth-order valence-electron chi connectivity index (χ4n) is 2.33. The Morgan fingerprint density at radius 1 is 1.21 bits per heavy atom. The summed E-state index contributed by atoms with van der Waals surface area (Å²) in [5.41, 5.74) is 5.33. The van der Waals surface area contributed by atoms with Crippen LogP contribution in [0, 0.1) is 0 Å². The van der Waals surface area contributed by atoms with Crippen molar-refractivity contribution in [1.29, 1.82) is 0 Å².